The molecule has 0 N–H and O–H groups in total. The van der Waals surface area contributed by atoms with Crippen LogP contribution in [0.15, 0.2) is 78.9 Å². The maximum atomic E-state index is 14.4. The monoisotopic (exact) mass is 488 g/mol. The summed E-state index contributed by atoms with van der Waals surface area (Å²) < 4.78 is 12.1. The predicted molar refractivity (Wildman–Crippen MR) is 147 cm³/mol. The Labute approximate surface area is 212 Å². The molecule has 5 rings (SSSR count). The maximum absolute atomic E-state index is 14.4. The summed E-state index contributed by atoms with van der Waals surface area (Å²) in [6.07, 6.45) is 0. The molecule has 0 heterocycles. The smallest absolute Gasteiger partial charge is 0.194 e. The molecule has 36 heavy (non-hydrogen) atoms. The standard InChI is InChI=1S/C32H25O3P/c1-18-13-15-22-9-5-7-11-24(22)27(18)31(33)29-20(3)17-26(36-35)21(4)30(29)32(34)28-19(2)14-16-23-10-6-8-12-25(23)28/h5-17H,1-4H3. The quantitative estimate of drug-likeness (QED) is 0.189. The van der Waals surface area contributed by atoms with Crippen LogP contribution in [0.25, 0.3) is 21.5 Å². The van der Waals surface area contributed by atoms with Gasteiger partial charge in [0.1, 0.15) is 0 Å². The molecule has 0 saturated heterocycles. The largest absolute Gasteiger partial charge is 0.289 e. The van der Waals surface area contributed by atoms with Crippen molar-refractivity contribution in [1.29, 1.82) is 0 Å². The number of benzene rings is 5. The van der Waals surface area contributed by atoms with Crippen LogP contribution in [0.2, 0.25) is 0 Å². The van der Waals surface area contributed by atoms with E-state index in [-0.39, 0.29) is 20.0 Å². The molecule has 5 aromatic carbocycles. The molecule has 0 aliphatic rings. The van der Waals surface area contributed by atoms with E-state index in [0.717, 1.165) is 32.7 Å². The van der Waals surface area contributed by atoms with Crippen LogP contribution in [0.3, 0.4) is 0 Å². The molecule has 0 spiro atoms. The SMILES string of the molecule is Cc1cc(P=O)c(C)c(C(=O)c2c(C)ccc3ccccc23)c1C(=O)c1c(C)ccc2ccccc12. The zero-order valence-electron chi connectivity index (χ0n) is 20.7. The Hall–Kier alpha value is -3.94. The molecule has 176 valence electrons. The summed E-state index contributed by atoms with van der Waals surface area (Å²) in [5.41, 5.74) is 4.74. The number of ketones is 2. The van der Waals surface area contributed by atoms with Gasteiger partial charge in [-0.25, -0.2) is 0 Å². The molecule has 0 radical (unpaired) electrons. The van der Waals surface area contributed by atoms with Gasteiger partial charge in [-0.3, -0.25) is 14.2 Å². The Morgan fingerprint density at radius 3 is 1.53 bits per heavy atom. The molecular formula is C32H25O3P. The molecule has 0 bridgehead atoms. The average molecular weight is 489 g/mol. The molecule has 0 amide bonds. The van der Waals surface area contributed by atoms with E-state index < -0.39 is 0 Å². The third-order valence-corrected chi connectivity index (χ3v) is 7.70. The predicted octanol–water partition coefficient (Wildman–Crippen LogP) is 7.61. The molecule has 3 nitrogen and oxygen atoms in total. The van der Waals surface area contributed by atoms with Crippen molar-refractivity contribution in [3.05, 3.63) is 123 Å². The molecule has 0 aliphatic carbocycles. The van der Waals surface area contributed by atoms with Crippen molar-refractivity contribution < 1.29 is 14.2 Å². The number of carbonyl (C=O) groups excluding carboxylic acids is 2. The summed E-state index contributed by atoms with van der Waals surface area (Å²) >= 11 is 0. The normalized spacial score (nSPS) is 11.3. The van der Waals surface area contributed by atoms with Crippen molar-refractivity contribution >= 4 is 46.9 Å². The van der Waals surface area contributed by atoms with E-state index >= 15 is 0 Å². The summed E-state index contributed by atoms with van der Waals surface area (Å²) in [7, 11) is -0.186. The molecule has 0 atom stereocenters. The lowest BCUT2D eigenvalue weighted by Gasteiger charge is -2.19. The van der Waals surface area contributed by atoms with Crippen LogP contribution in [-0.2, 0) is 4.57 Å². The van der Waals surface area contributed by atoms with Crippen molar-refractivity contribution in [3.63, 3.8) is 0 Å². The van der Waals surface area contributed by atoms with Crippen molar-refractivity contribution in [2.75, 3.05) is 0 Å². The van der Waals surface area contributed by atoms with Gasteiger partial charge in [0, 0.05) is 27.6 Å². The zero-order valence-corrected chi connectivity index (χ0v) is 21.6. The van der Waals surface area contributed by atoms with Gasteiger partial charge in [-0.2, -0.15) is 0 Å². The minimum Gasteiger partial charge on any atom is -0.289 e. The third kappa shape index (κ3) is 3.77. The van der Waals surface area contributed by atoms with Gasteiger partial charge in [0.2, 0.25) is 0 Å². The van der Waals surface area contributed by atoms with E-state index in [1.165, 1.54) is 0 Å². The summed E-state index contributed by atoms with van der Waals surface area (Å²) in [5.74, 6) is -0.420. The average Bonchev–Trinajstić information content (AvgIpc) is 2.88. The number of aryl methyl sites for hydroxylation is 3. The van der Waals surface area contributed by atoms with Crippen LogP contribution in [0.1, 0.15) is 54.1 Å². The summed E-state index contributed by atoms with van der Waals surface area (Å²) in [4.78, 5) is 28.7. The molecule has 0 unspecified atom stereocenters. The molecular weight excluding hydrogens is 463 g/mol. The van der Waals surface area contributed by atoms with E-state index in [1.807, 2.05) is 93.6 Å². The Bertz CT molecular complexity index is 1730. The second-order valence-electron chi connectivity index (χ2n) is 9.29. The minimum atomic E-state index is -0.225. The van der Waals surface area contributed by atoms with Crippen LogP contribution in [0.5, 0.6) is 0 Å². The first-order chi connectivity index (χ1) is 17.3. The third-order valence-electron chi connectivity index (χ3n) is 7.04. The molecule has 5 aromatic rings. The first-order valence-electron chi connectivity index (χ1n) is 11.9. The second-order valence-corrected chi connectivity index (χ2v) is 9.96. The molecule has 0 fully saturated rings. The zero-order chi connectivity index (χ0) is 25.6. The Balaban J connectivity index is 1.84. The van der Waals surface area contributed by atoms with Gasteiger partial charge < -0.3 is 0 Å². The summed E-state index contributed by atoms with van der Waals surface area (Å²) in [5, 5.41) is 4.12. The van der Waals surface area contributed by atoms with Crippen LogP contribution in [0, 0.1) is 27.7 Å². The number of hydrogen-bond donors (Lipinski definition) is 0. The van der Waals surface area contributed by atoms with Crippen molar-refractivity contribution in [2.24, 2.45) is 0 Å². The molecule has 0 saturated carbocycles. The molecule has 4 heteroatoms. The van der Waals surface area contributed by atoms with Gasteiger partial charge in [0.25, 0.3) is 0 Å². The summed E-state index contributed by atoms with van der Waals surface area (Å²) in [6.45, 7) is 7.42. The Kier molecular flexibility index (Phi) is 6.12. The number of fused-ring (bicyclic) bond motifs is 2. The first kappa shape index (κ1) is 23.8. The van der Waals surface area contributed by atoms with Crippen LogP contribution in [0.4, 0.5) is 0 Å². The van der Waals surface area contributed by atoms with Gasteiger partial charge in [0.05, 0.1) is 0 Å². The highest BCUT2D eigenvalue weighted by atomic mass is 31.1. The van der Waals surface area contributed by atoms with E-state index in [2.05, 4.69) is 0 Å². The van der Waals surface area contributed by atoms with Crippen molar-refractivity contribution in [3.8, 4) is 0 Å². The summed E-state index contributed by atoms with van der Waals surface area (Å²) in [6, 6.07) is 25.2. The lowest BCUT2D eigenvalue weighted by Crippen LogP contribution is -2.20. The highest BCUT2D eigenvalue weighted by Crippen LogP contribution is 2.32. The maximum Gasteiger partial charge on any atom is 0.194 e. The Morgan fingerprint density at radius 2 is 1.03 bits per heavy atom. The second kappa shape index (κ2) is 9.26. The molecule has 0 aliphatic heterocycles. The molecule has 0 aromatic heterocycles. The van der Waals surface area contributed by atoms with Gasteiger partial charge in [-0.15, -0.1) is 0 Å². The number of carbonyl (C=O) groups is 2. The number of rotatable bonds is 5. The van der Waals surface area contributed by atoms with E-state index in [1.54, 1.807) is 13.0 Å². The van der Waals surface area contributed by atoms with E-state index in [9.17, 15) is 14.2 Å². The van der Waals surface area contributed by atoms with Gasteiger partial charge in [0.15, 0.2) is 20.0 Å². The van der Waals surface area contributed by atoms with Gasteiger partial charge >= 0.3 is 0 Å². The Morgan fingerprint density at radius 1 is 0.556 bits per heavy atom. The number of hydrogen-bond acceptors (Lipinski definition) is 3. The minimum absolute atomic E-state index is 0.186. The van der Waals surface area contributed by atoms with E-state index in [4.69, 9.17) is 0 Å². The van der Waals surface area contributed by atoms with Crippen LogP contribution < -0.4 is 5.30 Å². The first-order valence-corrected chi connectivity index (χ1v) is 12.7. The van der Waals surface area contributed by atoms with Gasteiger partial charge in [-0.1, -0.05) is 72.8 Å². The lowest BCUT2D eigenvalue weighted by atomic mass is 9.83. The topological polar surface area (TPSA) is 51.2 Å². The fourth-order valence-electron chi connectivity index (χ4n) is 5.18. The van der Waals surface area contributed by atoms with Crippen LogP contribution in [-0.4, -0.2) is 11.6 Å². The fourth-order valence-corrected chi connectivity index (χ4v) is 5.68. The van der Waals surface area contributed by atoms with Gasteiger partial charge in [-0.05, 0) is 77.6 Å². The van der Waals surface area contributed by atoms with E-state index in [0.29, 0.717) is 38.7 Å². The lowest BCUT2D eigenvalue weighted by molar-refractivity contribution is 0.100. The fraction of sp³-hybridized carbons (Fsp3) is 0.125. The van der Waals surface area contributed by atoms with Crippen LogP contribution >= 0.6 is 8.46 Å². The highest BCUT2D eigenvalue weighted by Gasteiger charge is 2.29. The van der Waals surface area contributed by atoms with Crippen molar-refractivity contribution in [1.82, 2.24) is 0 Å². The van der Waals surface area contributed by atoms with Crippen molar-refractivity contribution in [2.45, 2.75) is 27.7 Å². The highest BCUT2D eigenvalue weighted by molar-refractivity contribution is 7.34.